The van der Waals surface area contributed by atoms with Crippen molar-refractivity contribution in [3.05, 3.63) is 0 Å². The molecule has 0 fully saturated rings. The third-order valence-electron chi connectivity index (χ3n) is 2.86. The van der Waals surface area contributed by atoms with Crippen molar-refractivity contribution < 1.29 is 4.79 Å². The maximum atomic E-state index is 11.9. The summed E-state index contributed by atoms with van der Waals surface area (Å²) < 4.78 is 0. The zero-order valence-electron chi connectivity index (χ0n) is 10.3. The van der Waals surface area contributed by atoms with Crippen molar-refractivity contribution in [2.24, 2.45) is 11.8 Å². The standard InChI is InChI=1S/C11H24N2O/c1-8(2)10(4)13(6)11(14)9(3)7-12-5/h8-10,12H,7H2,1-6H3. The van der Waals surface area contributed by atoms with E-state index in [9.17, 15) is 4.79 Å². The van der Waals surface area contributed by atoms with Crippen molar-refractivity contribution in [2.45, 2.75) is 33.7 Å². The zero-order chi connectivity index (χ0) is 11.3. The molecule has 0 aromatic rings. The maximum Gasteiger partial charge on any atom is 0.226 e. The normalized spacial score (nSPS) is 15.4. The summed E-state index contributed by atoms with van der Waals surface area (Å²) in [4.78, 5) is 13.7. The highest BCUT2D eigenvalue weighted by molar-refractivity contribution is 5.78. The summed E-state index contributed by atoms with van der Waals surface area (Å²) in [6.07, 6.45) is 0. The second-order valence-electron chi connectivity index (χ2n) is 4.39. The number of hydrogen-bond acceptors (Lipinski definition) is 2. The average Bonchev–Trinajstić information content (AvgIpc) is 2.14. The molecule has 0 radical (unpaired) electrons. The summed E-state index contributed by atoms with van der Waals surface area (Å²) in [7, 11) is 3.76. The van der Waals surface area contributed by atoms with Crippen molar-refractivity contribution in [2.75, 3.05) is 20.6 Å². The quantitative estimate of drug-likeness (QED) is 0.726. The van der Waals surface area contributed by atoms with Crippen LogP contribution in [0.2, 0.25) is 0 Å². The molecule has 0 aliphatic carbocycles. The Kier molecular flexibility index (Phi) is 5.77. The highest BCUT2D eigenvalue weighted by atomic mass is 16.2. The van der Waals surface area contributed by atoms with Gasteiger partial charge in [-0.2, -0.15) is 0 Å². The van der Waals surface area contributed by atoms with Crippen LogP contribution in [0.1, 0.15) is 27.7 Å². The van der Waals surface area contributed by atoms with Crippen LogP contribution in [0.5, 0.6) is 0 Å². The van der Waals surface area contributed by atoms with E-state index in [1.54, 1.807) is 0 Å². The molecule has 2 unspecified atom stereocenters. The SMILES string of the molecule is CNCC(C)C(=O)N(C)C(C)C(C)C. The van der Waals surface area contributed by atoms with E-state index < -0.39 is 0 Å². The Balaban J connectivity index is 4.23. The van der Waals surface area contributed by atoms with Gasteiger partial charge in [-0.05, 0) is 19.9 Å². The lowest BCUT2D eigenvalue weighted by molar-refractivity contribution is -0.136. The van der Waals surface area contributed by atoms with Crippen molar-refractivity contribution in [3.63, 3.8) is 0 Å². The summed E-state index contributed by atoms with van der Waals surface area (Å²) in [6.45, 7) is 9.07. The van der Waals surface area contributed by atoms with E-state index in [2.05, 4.69) is 26.1 Å². The monoisotopic (exact) mass is 200 g/mol. The Hall–Kier alpha value is -0.570. The lowest BCUT2D eigenvalue weighted by Crippen LogP contribution is -2.43. The lowest BCUT2D eigenvalue weighted by atomic mass is 10.0. The Labute approximate surface area is 87.9 Å². The molecule has 1 N–H and O–H groups in total. The molecule has 0 aliphatic heterocycles. The number of carbonyl (C=O) groups is 1. The van der Waals surface area contributed by atoms with Gasteiger partial charge in [-0.1, -0.05) is 20.8 Å². The summed E-state index contributed by atoms with van der Waals surface area (Å²) in [5.41, 5.74) is 0. The molecule has 0 saturated carbocycles. The number of rotatable bonds is 5. The van der Waals surface area contributed by atoms with Gasteiger partial charge >= 0.3 is 0 Å². The maximum absolute atomic E-state index is 11.9. The molecule has 2 atom stereocenters. The molecule has 0 heterocycles. The molecule has 0 bridgehead atoms. The van der Waals surface area contributed by atoms with E-state index in [0.717, 1.165) is 6.54 Å². The van der Waals surface area contributed by atoms with E-state index in [0.29, 0.717) is 12.0 Å². The van der Waals surface area contributed by atoms with Gasteiger partial charge in [0.25, 0.3) is 0 Å². The molecule has 3 heteroatoms. The van der Waals surface area contributed by atoms with E-state index in [-0.39, 0.29) is 11.8 Å². The van der Waals surface area contributed by atoms with Crippen LogP contribution >= 0.6 is 0 Å². The molecule has 14 heavy (non-hydrogen) atoms. The highest BCUT2D eigenvalue weighted by Gasteiger charge is 2.22. The highest BCUT2D eigenvalue weighted by Crippen LogP contribution is 2.11. The third-order valence-corrected chi connectivity index (χ3v) is 2.86. The fraction of sp³-hybridized carbons (Fsp3) is 0.909. The van der Waals surface area contributed by atoms with Crippen LogP contribution in [0.25, 0.3) is 0 Å². The molecule has 1 amide bonds. The van der Waals surface area contributed by atoms with Crippen molar-refractivity contribution in [1.82, 2.24) is 10.2 Å². The molecular formula is C11H24N2O. The second-order valence-corrected chi connectivity index (χ2v) is 4.39. The molecule has 84 valence electrons. The fourth-order valence-electron chi connectivity index (χ4n) is 1.39. The minimum absolute atomic E-state index is 0.0613. The zero-order valence-corrected chi connectivity index (χ0v) is 10.3. The molecule has 0 saturated heterocycles. The first kappa shape index (κ1) is 13.4. The number of nitrogens with one attached hydrogen (secondary N) is 1. The Bertz CT molecular complexity index is 180. The van der Waals surface area contributed by atoms with Crippen LogP contribution in [0, 0.1) is 11.8 Å². The van der Waals surface area contributed by atoms with Crippen LogP contribution in [-0.4, -0.2) is 37.5 Å². The van der Waals surface area contributed by atoms with Crippen molar-refractivity contribution in [3.8, 4) is 0 Å². The van der Waals surface area contributed by atoms with Gasteiger partial charge in [0.15, 0.2) is 0 Å². The van der Waals surface area contributed by atoms with Crippen LogP contribution in [0.15, 0.2) is 0 Å². The van der Waals surface area contributed by atoms with Gasteiger partial charge in [0.1, 0.15) is 0 Å². The molecule has 0 rings (SSSR count). The first-order valence-electron chi connectivity index (χ1n) is 5.33. The van der Waals surface area contributed by atoms with E-state index >= 15 is 0 Å². The van der Waals surface area contributed by atoms with Gasteiger partial charge in [-0.15, -0.1) is 0 Å². The van der Waals surface area contributed by atoms with Crippen LogP contribution in [0.4, 0.5) is 0 Å². The van der Waals surface area contributed by atoms with Gasteiger partial charge in [0.2, 0.25) is 5.91 Å². The van der Waals surface area contributed by atoms with Crippen LogP contribution in [-0.2, 0) is 4.79 Å². The van der Waals surface area contributed by atoms with Gasteiger partial charge in [0, 0.05) is 25.6 Å². The Morgan fingerprint density at radius 2 is 1.79 bits per heavy atom. The Morgan fingerprint density at radius 3 is 2.14 bits per heavy atom. The largest absolute Gasteiger partial charge is 0.343 e. The van der Waals surface area contributed by atoms with Gasteiger partial charge in [-0.25, -0.2) is 0 Å². The minimum Gasteiger partial charge on any atom is -0.343 e. The van der Waals surface area contributed by atoms with Crippen LogP contribution in [0.3, 0.4) is 0 Å². The summed E-state index contributed by atoms with van der Waals surface area (Å²) in [5.74, 6) is 0.789. The predicted octanol–water partition coefficient (Wildman–Crippen LogP) is 1.34. The number of hydrogen-bond donors (Lipinski definition) is 1. The molecular weight excluding hydrogens is 176 g/mol. The first-order valence-corrected chi connectivity index (χ1v) is 5.33. The van der Waals surface area contributed by atoms with Crippen molar-refractivity contribution >= 4 is 5.91 Å². The fourth-order valence-corrected chi connectivity index (χ4v) is 1.39. The smallest absolute Gasteiger partial charge is 0.226 e. The number of nitrogens with zero attached hydrogens (tertiary/aromatic N) is 1. The lowest BCUT2D eigenvalue weighted by Gasteiger charge is -2.30. The van der Waals surface area contributed by atoms with Gasteiger partial charge < -0.3 is 10.2 Å². The third kappa shape index (κ3) is 3.66. The molecule has 0 aliphatic rings. The topological polar surface area (TPSA) is 32.3 Å². The summed E-state index contributed by atoms with van der Waals surface area (Å²) >= 11 is 0. The molecule has 0 spiro atoms. The van der Waals surface area contributed by atoms with Gasteiger partial charge in [0.05, 0.1) is 0 Å². The predicted molar refractivity (Wildman–Crippen MR) is 60.2 cm³/mol. The van der Waals surface area contributed by atoms with E-state index in [4.69, 9.17) is 0 Å². The summed E-state index contributed by atoms with van der Waals surface area (Å²) in [6, 6.07) is 0.307. The molecule has 0 aromatic heterocycles. The number of amides is 1. The van der Waals surface area contributed by atoms with E-state index in [1.807, 2.05) is 25.9 Å². The minimum atomic E-state index is 0.0613. The Morgan fingerprint density at radius 1 is 1.29 bits per heavy atom. The average molecular weight is 200 g/mol. The second kappa shape index (κ2) is 6.02. The van der Waals surface area contributed by atoms with Gasteiger partial charge in [-0.3, -0.25) is 4.79 Å². The molecule has 3 nitrogen and oxygen atoms in total. The van der Waals surface area contributed by atoms with E-state index in [1.165, 1.54) is 0 Å². The van der Waals surface area contributed by atoms with Crippen molar-refractivity contribution in [1.29, 1.82) is 0 Å². The van der Waals surface area contributed by atoms with Crippen LogP contribution < -0.4 is 5.32 Å². The molecule has 0 aromatic carbocycles. The summed E-state index contributed by atoms with van der Waals surface area (Å²) in [5, 5.41) is 3.02. The first-order chi connectivity index (χ1) is 6.41. The number of carbonyl (C=O) groups excluding carboxylic acids is 1.